The Kier molecular flexibility index (Phi) is 4.88. The lowest BCUT2D eigenvalue weighted by molar-refractivity contribution is -0.164. The van der Waals surface area contributed by atoms with E-state index >= 15 is 0 Å². The minimum absolute atomic E-state index is 0.236. The van der Waals surface area contributed by atoms with Crippen LogP contribution in [-0.2, 0) is 28.7 Å². The fourth-order valence-electron chi connectivity index (χ4n) is 5.89. The number of rotatable bonds is 5. The number of likely N-dealkylation sites (tertiary alicyclic amines) is 1. The number of hydrogen-bond acceptors (Lipinski definition) is 6. The topological polar surface area (TPSA) is 90.0 Å². The molecule has 0 unspecified atom stereocenters. The standard InChI is InChI=1S/C26H25NO6/c1-14(28)32-12-26(3,13-33-15(2)29)27-24(30)22-20-16-8-4-5-9-17(16)21(23(22)25(27)31)19-11-7-6-10-18(19)20/h4-11,20-23H,12-13H2,1-3H3/t20?,21?,22-,23+. The molecule has 1 heterocycles. The molecule has 7 heteroatoms. The summed E-state index contributed by atoms with van der Waals surface area (Å²) in [5, 5.41) is 0. The van der Waals surface area contributed by atoms with Gasteiger partial charge < -0.3 is 9.47 Å². The average molecular weight is 447 g/mol. The van der Waals surface area contributed by atoms with Gasteiger partial charge in [0.15, 0.2) is 0 Å². The number of benzene rings is 2. The van der Waals surface area contributed by atoms with Crippen molar-refractivity contribution in [3.05, 3.63) is 70.8 Å². The van der Waals surface area contributed by atoms with Crippen LogP contribution in [0.25, 0.3) is 0 Å². The van der Waals surface area contributed by atoms with Gasteiger partial charge in [0.2, 0.25) is 11.8 Å². The Bertz CT molecular complexity index is 1050. The van der Waals surface area contributed by atoms with Crippen molar-refractivity contribution in [3.8, 4) is 0 Å². The largest absolute Gasteiger partial charge is 0.463 e. The monoisotopic (exact) mass is 447 g/mol. The maximum atomic E-state index is 13.9. The quantitative estimate of drug-likeness (QED) is 0.517. The van der Waals surface area contributed by atoms with Gasteiger partial charge in [-0.2, -0.15) is 0 Å². The number of hydrogen-bond donors (Lipinski definition) is 0. The molecular weight excluding hydrogens is 422 g/mol. The van der Waals surface area contributed by atoms with Crippen molar-refractivity contribution in [1.82, 2.24) is 4.90 Å². The lowest BCUT2D eigenvalue weighted by atomic mass is 9.55. The van der Waals surface area contributed by atoms with Crippen LogP contribution in [0.2, 0.25) is 0 Å². The summed E-state index contributed by atoms with van der Waals surface area (Å²) in [4.78, 5) is 52.1. The van der Waals surface area contributed by atoms with E-state index in [9.17, 15) is 19.2 Å². The second-order valence-corrected chi connectivity index (χ2v) is 9.33. The number of esters is 2. The van der Waals surface area contributed by atoms with Crippen LogP contribution in [0.1, 0.15) is 54.9 Å². The van der Waals surface area contributed by atoms with Crippen LogP contribution in [-0.4, -0.2) is 47.4 Å². The number of amides is 2. The van der Waals surface area contributed by atoms with Crippen LogP contribution < -0.4 is 0 Å². The fourth-order valence-corrected chi connectivity index (χ4v) is 5.89. The second kappa shape index (κ2) is 7.54. The Morgan fingerprint density at radius 2 is 1.09 bits per heavy atom. The maximum absolute atomic E-state index is 13.9. The minimum atomic E-state index is -1.30. The second-order valence-electron chi connectivity index (χ2n) is 9.33. The van der Waals surface area contributed by atoms with E-state index in [0.717, 1.165) is 22.3 Å². The highest BCUT2D eigenvalue weighted by atomic mass is 16.5. The highest BCUT2D eigenvalue weighted by Crippen LogP contribution is 2.61. The molecule has 7 nitrogen and oxygen atoms in total. The summed E-state index contributed by atoms with van der Waals surface area (Å²) < 4.78 is 10.4. The summed E-state index contributed by atoms with van der Waals surface area (Å²) >= 11 is 0. The number of carbonyl (C=O) groups is 4. The average Bonchev–Trinajstić information content (AvgIpc) is 3.07. The smallest absolute Gasteiger partial charge is 0.302 e. The Morgan fingerprint density at radius 3 is 1.39 bits per heavy atom. The molecule has 1 aliphatic heterocycles. The molecule has 0 aromatic heterocycles. The van der Waals surface area contributed by atoms with Gasteiger partial charge in [0.05, 0.1) is 11.8 Å². The summed E-state index contributed by atoms with van der Waals surface area (Å²) in [6, 6.07) is 16.0. The first kappa shape index (κ1) is 21.4. The van der Waals surface area contributed by atoms with E-state index in [0.29, 0.717) is 0 Å². The van der Waals surface area contributed by atoms with Gasteiger partial charge in [0.25, 0.3) is 0 Å². The summed E-state index contributed by atoms with van der Waals surface area (Å²) in [5.74, 6) is -3.29. The van der Waals surface area contributed by atoms with Crippen LogP contribution in [0.15, 0.2) is 48.5 Å². The molecule has 170 valence electrons. The third-order valence-corrected chi connectivity index (χ3v) is 7.16. The van der Waals surface area contributed by atoms with E-state index in [-0.39, 0.29) is 36.9 Å². The van der Waals surface area contributed by atoms with E-state index in [1.165, 1.54) is 18.7 Å². The molecule has 2 atom stereocenters. The number of nitrogens with zero attached hydrogens (tertiary/aromatic N) is 1. The van der Waals surface area contributed by atoms with Gasteiger partial charge in [-0.05, 0) is 29.2 Å². The Hall–Kier alpha value is -3.48. The Labute approximate surface area is 191 Å². The normalized spacial score (nSPS) is 24.8. The van der Waals surface area contributed by atoms with Crippen LogP contribution in [0.5, 0.6) is 0 Å². The van der Waals surface area contributed by atoms with Gasteiger partial charge in [-0.1, -0.05) is 48.5 Å². The molecule has 0 N–H and O–H groups in total. The van der Waals surface area contributed by atoms with E-state index in [1.54, 1.807) is 6.92 Å². The SMILES string of the molecule is CC(=O)OCC(C)(COC(C)=O)N1C(=O)[C@@H]2C3c4ccccc4C(c4ccccc43)[C@@H]2C1=O. The molecular formula is C26H25NO6. The molecule has 1 fully saturated rings. The fraction of sp³-hybridized carbons (Fsp3) is 0.385. The minimum Gasteiger partial charge on any atom is -0.463 e. The van der Waals surface area contributed by atoms with Gasteiger partial charge >= 0.3 is 11.9 Å². The van der Waals surface area contributed by atoms with Crippen molar-refractivity contribution < 1.29 is 28.7 Å². The van der Waals surface area contributed by atoms with Crippen LogP contribution in [0.4, 0.5) is 0 Å². The third kappa shape index (κ3) is 3.09. The van der Waals surface area contributed by atoms with Crippen molar-refractivity contribution >= 4 is 23.8 Å². The zero-order chi connectivity index (χ0) is 23.5. The molecule has 2 aromatic rings. The predicted octanol–water partition coefficient (Wildman–Crippen LogP) is 2.76. The Balaban J connectivity index is 1.61. The van der Waals surface area contributed by atoms with Crippen molar-refractivity contribution in [2.24, 2.45) is 11.8 Å². The summed E-state index contributed by atoms with van der Waals surface area (Å²) in [7, 11) is 0. The molecule has 0 radical (unpaired) electrons. The van der Waals surface area contributed by atoms with Crippen molar-refractivity contribution in [2.45, 2.75) is 38.1 Å². The van der Waals surface area contributed by atoms with Crippen molar-refractivity contribution in [3.63, 3.8) is 0 Å². The van der Waals surface area contributed by atoms with Crippen LogP contribution >= 0.6 is 0 Å². The molecule has 33 heavy (non-hydrogen) atoms. The molecule has 2 aromatic carbocycles. The highest BCUT2D eigenvalue weighted by Gasteiger charge is 2.64. The Morgan fingerprint density at radius 1 is 0.758 bits per heavy atom. The van der Waals surface area contributed by atoms with Crippen molar-refractivity contribution in [2.75, 3.05) is 13.2 Å². The molecule has 2 amide bonds. The molecule has 0 saturated carbocycles. The molecule has 2 bridgehead atoms. The maximum Gasteiger partial charge on any atom is 0.302 e. The first-order chi connectivity index (χ1) is 15.7. The molecule has 4 aliphatic rings. The first-order valence-electron chi connectivity index (χ1n) is 11.1. The van der Waals surface area contributed by atoms with E-state index in [4.69, 9.17) is 9.47 Å². The lowest BCUT2D eigenvalue weighted by Crippen LogP contribution is -2.56. The van der Waals surface area contributed by atoms with E-state index < -0.39 is 29.3 Å². The molecule has 6 rings (SSSR count). The third-order valence-electron chi connectivity index (χ3n) is 7.16. The van der Waals surface area contributed by atoms with Gasteiger partial charge in [0, 0.05) is 25.7 Å². The van der Waals surface area contributed by atoms with Gasteiger partial charge in [-0.25, -0.2) is 0 Å². The van der Waals surface area contributed by atoms with Crippen molar-refractivity contribution in [1.29, 1.82) is 0 Å². The van der Waals surface area contributed by atoms with E-state index in [1.807, 2.05) is 48.5 Å². The first-order valence-corrected chi connectivity index (χ1v) is 11.1. The zero-order valence-electron chi connectivity index (χ0n) is 18.7. The van der Waals surface area contributed by atoms with Gasteiger partial charge in [0.1, 0.15) is 18.8 Å². The molecule has 1 saturated heterocycles. The number of carbonyl (C=O) groups excluding carboxylic acids is 4. The van der Waals surface area contributed by atoms with Crippen LogP contribution in [0.3, 0.4) is 0 Å². The molecule has 0 spiro atoms. The van der Waals surface area contributed by atoms with Gasteiger partial charge in [-0.15, -0.1) is 0 Å². The summed E-state index contributed by atoms with van der Waals surface area (Å²) in [6.07, 6.45) is 0. The highest BCUT2D eigenvalue weighted by molar-refractivity contribution is 6.08. The van der Waals surface area contributed by atoms with Gasteiger partial charge in [-0.3, -0.25) is 24.1 Å². The molecule has 3 aliphatic carbocycles. The zero-order valence-corrected chi connectivity index (χ0v) is 18.7. The number of imide groups is 1. The predicted molar refractivity (Wildman–Crippen MR) is 117 cm³/mol. The van der Waals surface area contributed by atoms with E-state index in [2.05, 4.69) is 0 Å². The lowest BCUT2D eigenvalue weighted by Gasteiger charge is -2.45. The summed E-state index contributed by atoms with van der Waals surface area (Å²) in [6.45, 7) is 3.64. The van der Waals surface area contributed by atoms with Crippen LogP contribution in [0, 0.1) is 11.8 Å². The number of ether oxygens (including phenoxy) is 2. The summed E-state index contributed by atoms with van der Waals surface area (Å²) in [5.41, 5.74) is 3.00.